The molecule has 6 aromatic carbocycles. The van der Waals surface area contributed by atoms with Gasteiger partial charge in [0.15, 0.2) is 34.9 Å². The van der Waals surface area contributed by atoms with E-state index in [-0.39, 0.29) is 11.6 Å². The first kappa shape index (κ1) is 30.5. The maximum Gasteiger partial charge on any atom is 0.164 e. The monoisotopic (exact) mass is 652 g/mol. The van der Waals surface area contributed by atoms with Gasteiger partial charge in [0.25, 0.3) is 0 Å². The topological polar surface area (TPSA) is 77.3 Å². The number of benzene rings is 6. The molecule has 0 radical (unpaired) electrons. The van der Waals surface area contributed by atoms with Crippen molar-refractivity contribution < 1.29 is 8.78 Å². The number of rotatable bonds is 7. The molecule has 0 unspecified atom stereocenters. The smallest absolute Gasteiger partial charge is 0.164 e. The standard InChI is InChI=1S/C42H26F2N6/c43-35-22-18-31(19-23-35)40-48-41(32-20-24-36(44)25-21-32)50-42(49-40)34-13-7-12-33(26-34)27-14-16-30(17-15-27)39-46-37(28-8-3-1-4-9-28)45-38(47-39)29-10-5-2-6-11-29/h1-26H. The van der Waals surface area contributed by atoms with Crippen LogP contribution in [0.1, 0.15) is 0 Å². The van der Waals surface area contributed by atoms with Crippen molar-refractivity contribution in [2.75, 3.05) is 0 Å². The van der Waals surface area contributed by atoms with Gasteiger partial charge in [-0.2, -0.15) is 0 Å². The lowest BCUT2D eigenvalue weighted by atomic mass is 10.0. The molecule has 50 heavy (non-hydrogen) atoms. The molecule has 2 aromatic heterocycles. The largest absolute Gasteiger partial charge is 0.208 e. The Kier molecular flexibility index (Phi) is 8.16. The van der Waals surface area contributed by atoms with Crippen molar-refractivity contribution in [2.24, 2.45) is 0 Å². The van der Waals surface area contributed by atoms with E-state index in [1.807, 2.05) is 109 Å². The molecule has 0 saturated carbocycles. The molecular weight excluding hydrogens is 627 g/mol. The molecule has 8 aromatic rings. The number of halogens is 2. The highest BCUT2D eigenvalue weighted by atomic mass is 19.1. The van der Waals surface area contributed by atoms with Gasteiger partial charge in [0.2, 0.25) is 0 Å². The van der Waals surface area contributed by atoms with Crippen LogP contribution < -0.4 is 0 Å². The van der Waals surface area contributed by atoms with Crippen molar-refractivity contribution >= 4 is 0 Å². The summed E-state index contributed by atoms with van der Waals surface area (Å²) in [6.07, 6.45) is 0. The summed E-state index contributed by atoms with van der Waals surface area (Å²) in [6.45, 7) is 0. The van der Waals surface area contributed by atoms with Gasteiger partial charge in [-0.15, -0.1) is 0 Å². The maximum atomic E-state index is 13.7. The zero-order valence-electron chi connectivity index (χ0n) is 26.5. The van der Waals surface area contributed by atoms with Gasteiger partial charge in [-0.05, 0) is 65.7 Å². The van der Waals surface area contributed by atoms with Crippen LogP contribution in [-0.4, -0.2) is 29.9 Å². The summed E-state index contributed by atoms with van der Waals surface area (Å²) in [5.74, 6) is 2.26. The molecule has 0 aliphatic carbocycles. The molecule has 0 N–H and O–H groups in total. The van der Waals surface area contributed by atoms with Crippen molar-refractivity contribution in [3.8, 4) is 79.5 Å². The average Bonchev–Trinajstić information content (AvgIpc) is 3.19. The summed E-state index contributed by atoms with van der Waals surface area (Å²) in [4.78, 5) is 28.6. The minimum atomic E-state index is -0.357. The van der Waals surface area contributed by atoms with Gasteiger partial charge >= 0.3 is 0 Å². The second-order valence-corrected chi connectivity index (χ2v) is 11.5. The van der Waals surface area contributed by atoms with Crippen LogP contribution in [0.15, 0.2) is 158 Å². The van der Waals surface area contributed by atoms with Crippen molar-refractivity contribution in [1.29, 1.82) is 0 Å². The Labute approximate surface area is 286 Å². The van der Waals surface area contributed by atoms with E-state index in [9.17, 15) is 8.78 Å². The average molecular weight is 653 g/mol. The first-order valence-corrected chi connectivity index (χ1v) is 15.9. The third-order valence-electron chi connectivity index (χ3n) is 8.14. The first-order chi connectivity index (χ1) is 24.6. The molecule has 0 atom stereocenters. The fourth-order valence-corrected chi connectivity index (χ4v) is 5.55. The van der Waals surface area contributed by atoms with Crippen molar-refractivity contribution in [3.63, 3.8) is 0 Å². The lowest BCUT2D eigenvalue weighted by Gasteiger charge is -2.10. The number of nitrogens with zero attached hydrogens (tertiary/aromatic N) is 6. The lowest BCUT2D eigenvalue weighted by Crippen LogP contribution is -2.00. The fourth-order valence-electron chi connectivity index (χ4n) is 5.55. The number of aromatic nitrogens is 6. The summed E-state index contributed by atoms with van der Waals surface area (Å²) in [5, 5.41) is 0. The second kappa shape index (κ2) is 13.4. The van der Waals surface area contributed by atoms with E-state index in [0.717, 1.165) is 33.4 Å². The van der Waals surface area contributed by atoms with E-state index < -0.39 is 0 Å². The normalized spacial score (nSPS) is 11.0. The highest BCUT2D eigenvalue weighted by Gasteiger charge is 2.15. The summed E-state index contributed by atoms with van der Waals surface area (Å²) in [5.41, 5.74) is 6.62. The van der Waals surface area contributed by atoms with E-state index in [1.54, 1.807) is 24.3 Å². The fraction of sp³-hybridized carbons (Fsp3) is 0. The molecular formula is C42H26F2N6. The van der Waals surface area contributed by atoms with E-state index in [0.29, 0.717) is 46.1 Å². The zero-order valence-corrected chi connectivity index (χ0v) is 26.5. The molecule has 0 spiro atoms. The van der Waals surface area contributed by atoms with Crippen LogP contribution in [0.2, 0.25) is 0 Å². The van der Waals surface area contributed by atoms with Crippen molar-refractivity contribution in [3.05, 3.63) is 169 Å². The van der Waals surface area contributed by atoms with Gasteiger partial charge < -0.3 is 0 Å². The van der Waals surface area contributed by atoms with Gasteiger partial charge in [-0.3, -0.25) is 0 Å². The minimum Gasteiger partial charge on any atom is -0.208 e. The van der Waals surface area contributed by atoms with Gasteiger partial charge in [-0.25, -0.2) is 38.7 Å². The van der Waals surface area contributed by atoms with Gasteiger partial charge in [0.05, 0.1) is 0 Å². The molecule has 0 amide bonds. The first-order valence-electron chi connectivity index (χ1n) is 15.9. The molecule has 0 bridgehead atoms. The van der Waals surface area contributed by atoms with E-state index >= 15 is 0 Å². The minimum absolute atomic E-state index is 0.357. The predicted molar refractivity (Wildman–Crippen MR) is 191 cm³/mol. The third-order valence-corrected chi connectivity index (χ3v) is 8.14. The lowest BCUT2D eigenvalue weighted by molar-refractivity contribution is 0.627. The Balaban J connectivity index is 1.16. The molecule has 238 valence electrons. The second-order valence-electron chi connectivity index (χ2n) is 11.5. The molecule has 0 saturated heterocycles. The predicted octanol–water partition coefficient (Wildman–Crippen LogP) is 10.0. The number of hydrogen-bond donors (Lipinski definition) is 0. The van der Waals surface area contributed by atoms with Crippen molar-refractivity contribution in [2.45, 2.75) is 0 Å². The Morgan fingerprint density at radius 2 is 0.520 bits per heavy atom. The van der Waals surface area contributed by atoms with Crippen LogP contribution in [0.4, 0.5) is 8.78 Å². The molecule has 8 rings (SSSR count). The SMILES string of the molecule is Fc1ccc(-c2nc(-c3ccc(F)cc3)nc(-c3cccc(-c4ccc(-c5nc(-c6ccccc6)nc(-c6ccccc6)n5)cc4)c3)n2)cc1. The number of hydrogen-bond acceptors (Lipinski definition) is 6. The highest BCUT2D eigenvalue weighted by Crippen LogP contribution is 2.30. The van der Waals surface area contributed by atoms with E-state index in [4.69, 9.17) is 24.9 Å². The Morgan fingerprint density at radius 3 is 0.920 bits per heavy atom. The van der Waals surface area contributed by atoms with E-state index in [1.165, 1.54) is 24.3 Å². The van der Waals surface area contributed by atoms with Crippen LogP contribution in [-0.2, 0) is 0 Å². The maximum absolute atomic E-state index is 13.7. The van der Waals surface area contributed by atoms with Crippen LogP contribution in [0.5, 0.6) is 0 Å². The summed E-state index contributed by atoms with van der Waals surface area (Å²) in [6, 6.07) is 47.7. The van der Waals surface area contributed by atoms with Gasteiger partial charge in [0, 0.05) is 33.4 Å². The van der Waals surface area contributed by atoms with Crippen LogP contribution in [0.25, 0.3) is 79.5 Å². The van der Waals surface area contributed by atoms with Crippen molar-refractivity contribution in [1.82, 2.24) is 29.9 Å². The van der Waals surface area contributed by atoms with Crippen LogP contribution in [0.3, 0.4) is 0 Å². The van der Waals surface area contributed by atoms with Gasteiger partial charge in [-0.1, -0.05) is 103 Å². The summed E-state index contributed by atoms with van der Waals surface area (Å²) in [7, 11) is 0. The molecule has 2 heterocycles. The molecule has 8 heteroatoms. The zero-order chi connectivity index (χ0) is 33.9. The Bertz CT molecular complexity index is 2300. The Hall–Kier alpha value is -6.80. The Morgan fingerprint density at radius 1 is 0.240 bits per heavy atom. The van der Waals surface area contributed by atoms with Crippen LogP contribution in [0, 0.1) is 11.6 Å². The van der Waals surface area contributed by atoms with Gasteiger partial charge in [0.1, 0.15) is 11.6 Å². The molecule has 0 aliphatic heterocycles. The summed E-state index contributed by atoms with van der Waals surface area (Å²) < 4.78 is 27.5. The molecule has 0 aliphatic rings. The highest BCUT2D eigenvalue weighted by molar-refractivity contribution is 5.74. The molecule has 6 nitrogen and oxygen atoms in total. The summed E-state index contributed by atoms with van der Waals surface area (Å²) >= 11 is 0. The third kappa shape index (κ3) is 6.50. The molecule has 0 fully saturated rings. The van der Waals surface area contributed by atoms with Crippen LogP contribution >= 0.6 is 0 Å². The van der Waals surface area contributed by atoms with E-state index in [2.05, 4.69) is 4.98 Å². The quantitative estimate of drug-likeness (QED) is 0.171.